The molecule has 2 rings (SSSR count). The molecule has 0 atom stereocenters. The Labute approximate surface area is 142 Å². The molecule has 0 bridgehead atoms. The molecule has 0 aromatic heterocycles. The van der Waals surface area contributed by atoms with E-state index in [2.05, 4.69) is 18.6 Å². The minimum Gasteiger partial charge on any atom is -0.495 e. The molecule has 0 amide bonds. The van der Waals surface area contributed by atoms with Gasteiger partial charge in [0.25, 0.3) is 10.0 Å². The van der Waals surface area contributed by atoms with Crippen molar-refractivity contribution in [2.45, 2.75) is 31.6 Å². The van der Waals surface area contributed by atoms with Gasteiger partial charge in [0, 0.05) is 5.56 Å². The minimum atomic E-state index is -3.76. The predicted molar refractivity (Wildman–Crippen MR) is 94.3 cm³/mol. The first-order chi connectivity index (χ1) is 11.2. The Kier molecular flexibility index (Phi) is 5.29. The van der Waals surface area contributed by atoms with Crippen molar-refractivity contribution in [3.05, 3.63) is 53.6 Å². The summed E-state index contributed by atoms with van der Waals surface area (Å²) in [4.78, 5) is 11.4. The van der Waals surface area contributed by atoms with Crippen molar-refractivity contribution in [1.82, 2.24) is 0 Å². The predicted octanol–water partition coefficient (Wildman–Crippen LogP) is 3.82. The Bertz CT molecular complexity index is 840. The fourth-order valence-corrected chi connectivity index (χ4v) is 3.29. The maximum Gasteiger partial charge on any atom is 0.262 e. The SMILES string of the molecule is COc1cc(C(C)C)ccc1NS(=O)(=O)c1ccc(C(C)=O)cc1. The minimum absolute atomic E-state index is 0.0856. The number of sulfonamides is 1. The van der Waals surface area contributed by atoms with Gasteiger partial charge < -0.3 is 4.74 Å². The van der Waals surface area contributed by atoms with Crippen LogP contribution in [0.15, 0.2) is 47.4 Å². The number of hydrogen-bond donors (Lipinski definition) is 1. The Hall–Kier alpha value is -2.34. The zero-order chi connectivity index (χ0) is 17.9. The van der Waals surface area contributed by atoms with Crippen molar-refractivity contribution in [2.24, 2.45) is 0 Å². The summed E-state index contributed by atoms with van der Waals surface area (Å²) in [5.74, 6) is 0.659. The van der Waals surface area contributed by atoms with Gasteiger partial charge in [0.05, 0.1) is 17.7 Å². The molecule has 0 unspecified atom stereocenters. The third-order valence-corrected chi connectivity index (χ3v) is 5.09. The van der Waals surface area contributed by atoms with E-state index in [1.54, 1.807) is 6.07 Å². The van der Waals surface area contributed by atoms with E-state index < -0.39 is 10.0 Å². The van der Waals surface area contributed by atoms with Crippen molar-refractivity contribution < 1.29 is 17.9 Å². The summed E-state index contributed by atoms with van der Waals surface area (Å²) in [5.41, 5.74) is 1.89. The van der Waals surface area contributed by atoms with Crippen LogP contribution in [-0.2, 0) is 10.0 Å². The van der Waals surface area contributed by atoms with E-state index in [1.165, 1.54) is 38.3 Å². The van der Waals surface area contributed by atoms with Crippen molar-refractivity contribution in [2.75, 3.05) is 11.8 Å². The number of rotatable bonds is 6. The van der Waals surface area contributed by atoms with Crippen molar-refractivity contribution in [1.29, 1.82) is 0 Å². The second-order valence-electron chi connectivity index (χ2n) is 5.80. The number of benzene rings is 2. The largest absolute Gasteiger partial charge is 0.495 e. The van der Waals surface area contributed by atoms with E-state index in [4.69, 9.17) is 4.74 Å². The first kappa shape index (κ1) is 18.0. The van der Waals surface area contributed by atoms with E-state index in [1.807, 2.05) is 12.1 Å². The van der Waals surface area contributed by atoms with Gasteiger partial charge >= 0.3 is 0 Å². The van der Waals surface area contributed by atoms with Crippen LogP contribution < -0.4 is 9.46 Å². The highest BCUT2D eigenvalue weighted by molar-refractivity contribution is 7.92. The van der Waals surface area contributed by atoms with Crippen LogP contribution in [0.5, 0.6) is 5.75 Å². The van der Waals surface area contributed by atoms with E-state index in [0.717, 1.165) is 5.56 Å². The first-order valence-corrected chi connectivity index (χ1v) is 9.04. The van der Waals surface area contributed by atoms with Gasteiger partial charge in [-0.25, -0.2) is 8.42 Å². The van der Waals surface area contributed by atoms with Gasteiger partial charge in [0.1, 0.15) is 5.75 Å². The lowest BCUT2D eigenvalue weighted by atomic mass is 10.0. The lowest BCUT2D eigenvalue weighted by Crippen LogP contribution is -2.14. The second kappa shape index (κ2) is 7.05. The Morgan fingerprint density at radius 1 is 1.08 bits per heavy atom. The standard InChI is InChI=1S/C18H21NO4S/c1-12(2)15-7-10-17(18(11-15)23-4)19-24(21,22)16-8-5-14(6-9-16)13(3)20/h5-12,19H,1-4H3. The molecule has 0 spiro atoms. The highest BCUT2D eigenvalue weighted by Gasteiger charge is 2.17. The third kappa shape index (κ3) is 3.94. The average Bonchev–Trinajstić information content (AvgIpc) is 2.54. The van der Waals surface area contributed by atoms with Gasteiger partial charge in [-0.2, -0.15) is 0 Å². The highest BCUT2D eigenvalue weighted by atomic mass is 32.2. The number of hydrogen-bond acceptors (Lipinski definition) is 4. The molecule has 24 heavy (non-hydrogen) atoms. The number of carbonyl (C=O) groups excluding carboxylic acids is 1. The zero-order valence-electron chi connectivity index (χ0n) is 14.2. The van der Waals surface area contributed by atoms with Gasteiger partial charge in [0.15, 0.2) is 5.78 Å². The summed E-state index contributed by atoms with van der Waals surface area (Å²) in [6.07, 6.45) is 0. The summed E-state index contributed by atoms with van der Waals surface area (Å²) in [5, 5.41) is 0. The molecular formula is C18H21NO4S. The van der Waals surface area contributed by atoms with E-state index >= 15 is 0 Å². The van der Waals surface area contributed by atoms with E-state index in [0.29, 0.717) is 22.9 Å². The van der Waals surface area contributed by atoms with Crippen molar-refractivity contribution in [3.63, 3.8) is 0 Å². The molecule has 6 heteroatoms. The number of Topliss-reactive ketones (excluding diaryl/α,β-unsaturated/α-hetero) is 1. The summed E-state index contributed by atoms with van der Waals surface area (Å²) in [6, 6.07) is 11.2. The molecular weight excluding hydrogens is 326 g/mol. The van der Waals surface area contributed by atoms with Crippen molar-refractivity contribution in [3.8, 4) is 5.75 Å². The normalized spacial score (nSPS) is 11.4. The maximum atomic E-state index is 12.5. The molecule has 0 saturated heterocycles. The molecule has 0 saturated carbocycles. The molecule has 0 fully saturated rings. The number of carbonyl (C=O) groups is 1. The number of ether oxygens (including phenoxy) is 1. The molecule has 128 valence electrons. The molecule has 0 aliphatic heterocycles. The topological polar surface area (TPSA) is 72.5 Å². The fraction of sp³-hybridized carbons (Fsp3) is 0.278. The summed E-state index contributed by atoms with van der Waals surface area (Å²) >= 11 is 0. The molecule has 0 aliphatic carbocycles. The maximum absolute atomic E-state index is 12.5. The average molecular weight is 347 g/mol. The van der Waals surface area contributed by atoms with E-state index in [9.17, 15) is 13.2 Å². The number of nitrogens with one attached hydrogen (secondary N) is 1. The molecule has 5 nitrogen and oxygen atoms in total. The highest BCUT2D eigenvalue weighted by Crippen LogP contribution is 2.30. The monoisotopic (exact) mass is 347 g/mol. The molecule has 0 radical (unpaired) electrons. The van der Waals surface area contributed by atoms with Crippen molar-refractivity contribution >= 4 is 21.5 Å². The first-order valence-electron chi connectivity index (χ1n) is 7.56. The number of methoxy groups -OCH3 is 1. The van der Waals surface area contributed by atoms with Crippen LogP contribution in [0.25, 0.3) is 0 Å². The van der Waals surface area contributed by atoms with Gasteiger partial charge in [-0.3, -0.25) is 9.52 Å². The molecule has 0 heterocycles. The van der Waals surface area contributed by atoms with Gasteiger partial charge in [-0.05, 0) is 42.7 Å². The molecule has 0 aliphatic rings. The molecule has 2 aromatic rings. The molecule has 1 N–H and O–H groups in total. The van der Waals surface area contributed by atoms with Crippen LogP contribution in [0, 0.1) is 0 Å². The summed E-state index contributed by atoms with van der Waals surface area (Å²) < 4.78 is 32.9. The van der Waals surface area contributed by atoms with Crippen LogP contribution >= 0.6 is 0 Å². The van der Waals surface area contributed by atoms with Crippen LogP contribution in [0.1, 0.15) is 42.6 Å². The van der Waals surface area contributed by atoms with Crippen LogP contribution in [0.2, 0.25) is 0 Å². The summed E-state index contributed by atoms with van der Waals surface area (Å²) in [7, 11) is -2.26. The van der Waals surface area contributed by atoms with Gasteiger partial charge in [0.2, 0.25) is 0 Å². The third-order valence-electron chi connectivity index (χ3n) is 3.71. The number of ketones is 1. The Morgan fingerprint density at radius 2 is 1.71 bits per heavy atom. The number of anilines is 1. The Morgan fingerprint density at radius 3 is 2.21 bits per heavy atom. The van der Waals surface area contributed by atoms with Crippen LogP contribution in [-0.4, -0.2) is 21.3 Å². The van der Waals surface area contributed by atoms with Gasteiger partial charge in [-0.1, -0.05) is 32.0 Å². The molecule has 2 aromatic carbocycles. The van der Waals surface area contributed by atoms with Gasteiger partial charge in [-0.15, -0.1) is 0 Å². The van der Waals surface area contributed by atoms with Crippen LogP contribution in [0.4, 0.5) is 5.69 Å². The zero-order valence-corrected chi connectivity index (χ0v) is 15.0. The lowest BCUT2D eigenvalue weighted by molar-refractivity contribution is 0.101. The lowest BCUT2D eigenvalue weighted by Gasteiger charge is -2.14. The Balaban J connectivity index is 2.33. The summed E-state index contributed by atoms with van der Waals surface area (Å²) in [6.45, 7) is 5.54. The quantitative estimate of drug-likeness (QED) is 0.806. The fourth-order valence-electron chi connectivity index (χ4n) is 2.22. The second-order valence-corrected chi connectivity index (χ2v) is 7.48. The smallest absolute Gasteiger partial charge is 0.262 e. The van der Waals surface area contributed by atoms with E-state index in [-0.39, 0.29) is 10.7 Å². The van der Waals surface area contributed by atoms with Crippen LogP contribution in [0.3, 0.4) is 0 Å².